The fraction of sp³-hybridized carbons (Fsp3) is 0.250. The molecule has 0 aliphatic carbocycles. The fourth-order valence-electron chi connectivity index (χ4n) is 3.64. The normalized spacial score (nSPS) is 11.3. The second-order valence-electron chi connectivity index (χ2n) is 7.39. The number of benzene rings is 2. The third kappa shape index (κ3) is 4.00. The van der Waals surface area contributed by atoms with E-state index in [0.717, 1.165) is 40.3 Å². The van der Waals surface area contributed by atoms with Gasteiger partial charge in [-0.3, -0.25) is 9.88 Å². The van der Waals surface area contributed by atoms with E-state index in [4.69, 9.17) is 14.1 Å². The van der Waals surface area contributed by atoms with Crippen LogP contribution in [0.25, 0.3) is 22.2 Å². The Kier molecular flexibility index (Phi) is 5.32. The van der Waals surface area contributed by atoms with Gasteiger partial charge in [0.15, 0.2) is 0 Å². The molecule has 2 aromatic heterocycles. The Morgan fingerprint density at radius 2 is 1.93 bits per heavy atom. The molecule has 4 aromatic rings. The number of rotatable bonds is 6. The van der Waals surface area contributed by atoms with Crippen molar-refractivity contribution in [3.05, 3.63) is 77.4 Å². The summed E-state index contributed by atoms with van der Waals surface area (Å²) < 4.78 is 11.3. The van der Waals surface area contributed by atoms with Crippen molar-refractivity contribution in [1.29, 1.82) is 0 Å². The number of aryl methyl sites for hydroxylation is 2. The van der Waals surface area contributed by atoms with Crippen LogP contribution in [-0.2, 0) is 13.1 Å². The smallest absolute Gasteiger partial charge is 0.226 e. The maximum atomic E-state index is 5.96. The molecule has 5 heteroatoms. The first kappa shape index (κ1) is 19.2. The third-order valence-electron chi connectivity index (χ3n) is 5.17. The van der Waals surface area contributed by atoms with E-state index in [0.29, 0.717) is 12.4 Å². The van der Waals surface area contributed by atoms with E-state index in [1.807, 2.05) is 44.4 Å². The summed E-state index contributed by atoms with van der Waals surface area (Å²) in [5.74, 6) is 2.36. The minimum Gasteiger partial charge on any atom is -0.496 e. The van der Waals surface area contributed by atoms with E-state index in [2.05, 4.69) is 41.2 Å². The summed E-state index contributed by atoms with van der Waals surface area (Å²) in [5.41, 5.74) is 4.25. The molecule has 0 saturated carbocycles. The maximum absolute atomic E-state index is 5.96. The quantitative estimate of drug-likeness (QED) is 0.458. The second kappa shape index (κ2) is 8.05. The first-order valence-corrected chi connectivity index (χ1v) is 9.66. The van der Waals surface area contributed by atoms with Crippen molar-refractivity contribution in [3.63, 3.8) is 0 Å². The largest absolute Gasteiger partial charge is 0.496 e. The molecule has 0 bridgehead atoms. The van der Waals surface area contributed by atoms with Crippen LogP contribution >= 0.6 is 0 Å². The SMILES string of the molecule is COc1ccc(-c2nc(CN(C)Cc3cccc4cnccc34)c(C)o2)cc1C. The molecule has 0 fully saturated rings. The number of hydrogen-bond donors (Lipinski definition) is 0. The number of ether oxygens (including phenoxy) is 1. The number of oxazole rings is 1. The number of methoxy groups -OCH3 is 1. The topological polar surface area (TPSA) is 51.4 Å². The third-order valence-corrected chi connectivity index (χ3v) is 5.17. The minimum absolute atomic E-state index is 0.646. The van der Waals surface area contributed by atoms with Gasteiger partial charge in [0.25, 0.3) is 0 Å². The molecule has 0 aliphatic rings. The molecule has 2 aromatic carbocycles. The molecular weight excluding hydrogens is 362 g/mol. The summed E-state index contributed by atoms with van der Waals surface area (Å²) in [6.45, 7) is 5.53. The Bertz CT molecular complexity index is 1140. The van der Waals surface area contributed by atoms with Gasteiger partial charge in [-0.2, -0.15) is 0 Å². The predicted molar refractivity (Wildman–Crippen MR) is 115 cm³/mol. The Labute approximate surface area is 171 Å². The molecule has 4 rings (SSSR count). The highest BCUT2D eigenvalue weighted by atomic mass is 16.5. The molecule has 0 N–H and O–H groups in total. The summed E-state index contributed by atoms with van der Waals surface area (Å²) >= 11 is 0. The number of pyridine rings is 1. The van der Waals surface area contributed by atoms with Gasteiger partial charge in [0.05, 0.1) is 12.8 Å². The summed E-state index contributed by atoms with van der Waals surface area (Å²) in [7, 11) is 3.78. The van der Waals surface area contributed by atoms with E-state index in [9.17, 15) is 0 Å². The molecule has 0 unspecified atom stereocenters. The van der Waals surface area contributed by atoms with Crippen molar-refractivity contribution in [1.82, 2.24) is 14.9 Å². The van der Waals surface area contributed by atoms with Crippen LogP contribution in [0.2, 0.25) is 0 Å². The average Bonchev–Trinajstić information content (AvgIpc) is 3.08. The maximum Gasteiger partial charge on any atom is 0.226 e. The second-order valence-corrected chi connectivity index (χ2v) is 7.39. The fourth-order valence-corrected chi connectivity index (χ4v) is 3.64. The number of aromatic nitrogens is 2. The van der Waals surface area contributed by atoms with Crippen LogP contribution in [0.15, 0.2) is 59.3 Å². The summed E-state index contributed by atoms with van der Waals surface area (Å²) in [6, 6.07) is 14.4. The lowest BCUT2D eigenvalue weighted by Crippen LogP contribution is -2.18. The van der Waals surface area contributed by atoms with Crippen molar-refractivity contribution in [2.75, 3.05) is 14.2 Å². The molecule has 148 valence electrons. The lowest BCUT2D eigenvalue weighted by molar-refractivity contribution is 0.314. The van der Waals surface area contributed by atoms with Crippen LogP contribution in [0.4, 0.5) is 0 Å². The number of nitrogens with zero attached hydrogens (tertiary/aromatic N) is 3. The van der Waals surface area contributed by atoms with Crippen LogP contribution < -0.4 is 4.74 Å². The van der Waals surface area contributed by atoms with Crippen LogP contribution in [0.5, 0.6) is 5.75 Å². The molecule has 0 saturated heterocycles. The van der Waals surface area contributed by atoms with Gasteiger partial charge in [-0.25, -0.2) is 4.98 Å². The van der Waals surface area contributed by atoms with E-state index in [1.54, 1.807) is 7.11 Å². The Hall–Kier alpha value is -3.18. The van der Waals surface area contributed by atoms with Crippen LogP contribution in [0.3, 0.4) is 0 Å². The molecule has 2 heterocycles. The van der Waals surface area contributed by atoms with Gasteiger partial charge in [-0.15, -0.1) is 0 Å². The molecule has 0 aliphatic heterocycles. The average molecular weight is 387 g/mol. The molecule has 5 nitrogen and oxygen atoms in total. The molecule has 0 amide bonds. The van der Waals surface area contributed by atoms with Crippen molar-refractivity contribution in [2.24, 2.45) is 0 Å². The Morgan fingerprint density at radius 1 is 1.07 bits per heavy atom. The summed E-state index contributed by atoms with van der Waals surface area (Å²) in [6.07, 6.45) is 3.75. The van der Waals surface area contributed by atoms with E-state index in [1.165, 1.54) is 10.9 Å². The molecule has 0 radical (unpaired) electrons. The van der Waals surface area contributed by atoms with Crippen LogP contribution in [-0.4, -0.2) is 29.0 Å². The van der Waals surface area contributed by atoms with Gasteiger partial charge in [0, 0.05) is 36.4 Å². The standard InChI is InChI=1S/C24H25N3O2/c1-16-12-18(8-9-23(16)28-4)24-26-22(17(2)29-24)15-27(3)14-20-7-5-6-19-13-25-11-10-21(19)20/h5-13H,14-15H2,1-4H3. The van der Waals surface area contributed by atoms with Crippen LogP contribution in [0, 0.1) is 13.8 Å². The first-order chi connectivity index (χ1) is 14.0. The highest BCUT2D eigenvalue weighted by molar-refractivity contribution is 5.84. The molecule has 29 heavy (non-hydrogen) atoms. The van der Waals surface area contributed by atoms with E-state index < -0.39 is 0 Å². The zero-order valence-electron chi connectivity index (χ0n) is 17.3. The predicted octanol–water partition coefficient (Wildman–Crippen LogP) is 5.15. The monoisotopic (exact) mass is 387 g/mol. The highest BCUT2D eigenvalue weighted by Crippen LogP contribution is 2.27. The van der Waals surface area contributed by atoms with Crippen LogP contribution in [0.1, 0.15) is 22.6 Å². The van der Waals surface area contributed by atoms with Gasteiger partial charge < -0.3 is 9.15 Å². The lowest BCUT2D eigenvalue weighted by atomic mass is 10.1. The van der Waals surface area contributed by atoms with Crippen molar-refractivity contribution < 1.29 is 9.15 Å². The molecular formula is C24H25N3O2. The lowest BCUT2D eigenvalue weighted by Gasteiger charge is -2.17. The Morgan fingerprint density at radius 3 is 2.72 bits per heavy atom. The summed E-state index contributed by atoms with van der Waals surface area (Å²) in [4.78, 5) is 11.2. The number of fused-ring (bicyclic) bond motifs is 1. The van der Waals surface area contributed by atoms with Crippen molar-refractivity contribution >= 4 is 10.8 Å². The minimum atomic E-state index is 0.646. The van der Waals surface area contributed by atoms with Crippen molar-refractivity contribution in [3.8, 4) is 17.2 Å². The molecule has 0 atom stereocenters. The number of hydrogen-bond acceptors (Lipinski definition) is 5. The zero-order chi connectivity index (χ0) is 20.4. The molecule has 0 spiro atoms. The van der Waals surface area contributed by atoms with Gasteiger partial charge in [0.2, 0.25) is 5.89 Å². The van der Waals surface area contributed by atoms with Gasteiger partial charge in [0.1, 0.15) is 11.5 Å². The highest BCUT2D eigenvalue weighted by Gasteiger charge is 2.15. The zero-order valence-corrected chi connectivity index (χ0v) is 17.3. The first-order valence-electron chi connectivity index (χ1n) is 9.66. The van der Waals surface area contributed by atoms with Crippen molar-refractivity contribution in [2.45, 2.75) is 26.9 Å². The van der Waals surface area contributed by atoms with Gasteiger partial charge in [-0.05, 0) is 61.7 Å². The Balaban J connectivity index is 1.53. The summed E-state index contributed by atoms with van der Waals surface area (Å²) in [5, 5.41) is 2.40. The van der Waals surface area contributed by atoms with E-state index >= 15 is 0 Å². The van der Waals surface area contributed by atoms with Gasteiger partial charge in [-0.1, -0.05) is 18.2 Å². The van der Waals surface area contributed by atoms with E-state index in [-0.39, 0.29) is 0 Å². The van der Waals surface area contributed by atoms with Gasteiger partial charge >= 0.3 is 0 Å².